The Balaban J connectivity index is 3.57. The molecule has 1 amide bonds. The Labute approximate surface area is 101 Å². The number of rotatable bonds is 9. The molecule has 0 saturated heterocycles. The highest BCUT2D eigenvalue weighted by Gasteiger charge is 2.07. The maximum Gasteiger partial charge on any atom is 0.220 e. The van der Waals surface area contributed by atoms with Gasteiger partial charge in [-0.15, -0.1) is 0 Å². The fraction of sp³-hybridized carbons (Fsp3) is 0.929. The summed E-state index contributed by atoms with van der Waals surface area (Å²) in [5, 5.41) is 3.02. The van der Waals surface area contributed by atoms with Gasteiger partial charge in [0.1, 0.15) is 0 Å². The summed E-state index contributed by atoms with van der Waals surface area (Å²) < 4.78 is 0. The van der Waals surface area contributed by atoms with Gasteiger partial charge < -0.3 is 5.32 Å². The molecule has 2 nitrogen and oxygen atoms in total. The first kappa shape index (κ1) is 15.5. The summed E-state index contributed by atoms with van der Waals surface area (Å²) in [5.41, 5.74) is 0. The lowest BCUT2D eigenvalue weighted by molar-refractivity contribution is -0.121. The van der Waals surface area contributed by atoms with Gasteiger partial charge in [0.25, 0.3) is 0 Å². The second-order valence-corrected chi connectivity index (χ2v) is 5.15. The summed E-state index contributed by atoms with van der Waals surface area (Å²) in [4.78, 5) is 11.4. The number of carbonyl (C=O) groups excluding carboxylic acids is 1. The first-order valence-electron chi connectivity index (χ1n) is 6.86. The van der Waals surface area contributed by atoms with E-state index < -0.39 is 0 Å². The van der Waals surface area contributed by atoms with Crippen LogP contribution in [0.1, 0.15) is 66.2 Å². The number of carbonyl (C=O) groups is 1. The van der Waals surface area contributed by atoms with Crippen LogP contribution >= 0.6 is 0 Å². The van der Waals surface area contributed by atoms with Crippen molar-refractivity contribution in [1.82, 2.24) is 5.32 Å². The van der Waals surface area contributed by atoms with Crippen molar-refractivity contribution in [3.05, 3.63) is 0 Å². The normalized spacial score (nSPS) is 12.8. The summed E-state index contributed by atoms with van der Waals surface area (Å²) >= 11 is 0. The smallest absolute Gasteiger partial charge is 0.220 e. The molecule has 2 heteroatoms. The molecule has 0 aliphatic carbocycles. The average Bonchev–Trinajstić information content (AvgIpc) is 2.22. The highest BCUT2D eigenvalue weighted by molar-refractivity contribution is 5.75. The monoisotopic (exact) mass is 227 g/mol. The lowest BCUT2D eigenvalue weighted by Gasteiger charge is -2.15. The molecule has 1 unspecified atom stereocenters. The van der Waals surface area contributed by atoms with E-state index in [1.807, 2.05) is 0 Å². The van der Waals surface area contributed by atoms with Gasteiger partial charge in [0.05, 0.1) is 0 Å². The van der Waals surface area contributed by atoms with Crippen LogP contribution < -0.4 is 5.32 Å². The van der Waals surface area contributed by atoms with Crippen LogP contribution in [0.25, 0.3) is 0 Å². The molecule has 0 radical (unpaired) electrons. The van der Waals surface area contributed by atoms with E-state index in [1.54, 1.807) is 0 Å². The molecule has 1 N–H and O–H groups in total. The molecule has 0 rings (SSSR count). The zero-order valence-electron chi connectivity index (χ0n) is 11.5. The second-order valence-electron chi connectivity index (χ2n) is 5.15. The largest absolute Gasteiger partial charge is 0.356 e. The summed E-state index contributed by atoms with van der Waals surface area (Å²) in [7, 11) is 0. The second kappa shape index (κ2) is 9.68. The van der Waals surface area contributed by atoms with Crippen LogP contribution in [0.15, 0.2) is 0 Å². The molecule has 16 heavy (non-hydrogen) atoms. The lowest BCUT2D eigenvalue weighted by Crippen LogP contribution is -2.26. The van der Waals surface area contributed by atoms with E-state index in [0.29, 0.717) is 12.3 Å². The Morgan fingerprint density at radius 1 is 1.19 bits per heavy atom. The van der Waals surface area contributed by atoms with Gasteiger partial charge in [0.2, 0.25) is 5.91 Å². The number of unbranched alkanes of at least 4 members (excludes halogenated alkanes) is 1. The zero-order chi connectivity index (χ0) is 12.4. The first-order chi connectivity index (χ1) is 7.60. The number of hydrogen-bond acceptors (Lipinski definition) is 1. The zero-order valence-corrected chi connectivity index (χ0v) is 11.5. The van der Waals surface area contributed by atoms with Gasteiger partial charge in [-0.1, -0.05) is 53.4 Å². The van der Waals surface area contributed by atoms with Gasteiger partial charge >= 0.3 is 0 Å². The van der Waals surface area contributed by atoms with Gasteiger partial charge in [0.15, 0.2) is 0 Å². The number of amides is 1. The minimum Gasteiger partial charge on any atom is -0.356 e. The van der Waals surface area contributed by atoms with E-state index in [9.17, 15) is 4.79 Å². The fourth-order valence-corrected chi connectivity index (χ4v) is 1.90. The third-order valence-electron chi connectivity index (χ3n) is 3.01. The molecule has 0 heterocycles. The number of hydrogen-bond donors (Lipinski definition) is 1. The standard InChI is InChI=1S/C14H29NO/c1-5-7-8-13(6-2)9-10-15-14(16)11-12(3)4/h12-13H,5-11H2,1-4H3,(H,15,16). The van der Waals surface area contributed by atoms with Crippen molar-refractivity contribution in [3.63, 3.8) is 0 Å². The molecular weight excluding hydrogens is 198 g/mol. The van der Waals surface area contributed by atoms with Crippen molar-refractivity contribution in [2.75, 3.05) is 6.54 Å². The molecule has 0 aromatic heterocycles. The van der Waals surface area contributed by atoms with Crippen LogP contribution in [0, 0.1) is 11.8 Å². The Bertz CT molecular complexity index is 178. The summed E-state index contributed by atoms with van der Waals surface area (Å²) in [6.45, 7) is 9.49. The van der Waals surface area contributed by atoms with E-state index in [1.165, 1.54) is 25.7 Å². The van der Waals surface area contributed by atoms with Crippen LogP contribution in [0.4, 0.5) is 0 Å². The van der Waals surface area contributed by atoms with Crippen LogP contribution in [0.5, 0.6) is 0 Å². The van der Waals surface area contributed by atoms with Crippen molar-refractivity contribution >= 4 is 5.91 Å². The van der Waals surface area contributed by atoms with Crippen molar-refractivity contribution in [3.8, 4) is 0 Å². The van der Waals surface area contributed by atoms with Crippen LogP contribution in [0.2, 0.25) is 0 Å². The molecular formula is C14H29NO. The van der Waals surface area contributed by atoms with Crippen LogP contribution in [-0.4, -0.2) is 12.5 Å². The Hall–Kier alpha value is -0.530. The third kappa shape index (κ3) is 8.75. The van der Waals surface area contributed by atoms with Crippen molar-refractivity contribution < 1.29 is 4.79 Å². The fourth-order valence-electron chi connectivity index (χ4n) is 1.90. The molecule has 0 aromatic rings. The predicted octanol–water partition coefficient (Wildman–Crippen LogP) is 3.76. The van der Waals surface area contributed by atoms with E-state index in [4.69, 9.17) is 0 Å². The SMILES string of the molecule is CCCCC(CC)CCNC(=O)CC(C)C. The predicted molar refractivity (Wildman–Crippen MR) is 70.4 cm³/mol. The molecule has 96 valence electrons. The summed E-state index contributed by atoms with van der Waals surface area (Å²) in [6, 6.07) is 0. The van der Waals surface area contributed by atoms with Crippen molar-refractivity contribution in [2.45, 2.75) is 66.2 Å². The topological polar surface area (TPSA) is 29.1 Å². The molecule has 0 aromatic carbocycles. The van der Waals surface area contributed by atoms with Gasteiger partial charge in [-0.2, -0.15) is 0 Å². The van der Waals surface area contributed by atoms with E-state index in [-0.39, 0.29) is 5.91 Å². The molecule has 1 atom stereocenters. The van der Waals surface area contributed by atoms with E-state index >= 15 is 0 Å². The average molecular weight is 227 g/mol. The highest BCUT2D eigenvalue weighted by Crippen LogP contribution is 2.15. The van der Waals surface area contributed by atoms with Gasteiger partial charge in [-0.25, -0.2) is 0 Å². The minimum absolute atomic E-state index is 0.209. The Morgan fingerprint density at radius 2 is 1.88 bits per heavy atom. The van der Waals surface area contributed by atoms with Gasteiger partial charge in [-0.05, 0) is 18.3 Å². The molecule has 0 saturated carbocycles. The first-order valence-corrected chi connectivity index (χ1v) is 6.86. The molecule has 0 aliphatic rings. The Morgan fingerprint density at radius 3 is 2.38 bits per heavy atom. The third-order valence-corrected chi connectivity index (χ3v) is 3.01. The van der Waals surface area contributed by atoms with Crippen molar-refractivity contribution in [1.29, 1.82) is 0 Å². The molecule has 0 bridgehead atoms. The molecule has 0 spiro atoms. The highest BCUT2D eigenvalue weighted by atomic mass is 16.1. The van der Waals surface area contributed by atoms with Gasteiger partial charge in [-0.3, -0.25) is 4.79 Å². The minimum atomic E-state index is 0.209. The van der Waals surface area contributed by atoms with Gasteiger partial charge in [0, 0.05) is 13.0 Å². The van der Waals surface area contributed by atoms with E-state index in [0.717, 1.165) is 18.9 Å². The maximum absolute atomic E-state index is 11.4. The Kier molecular flexibility index (Phi) is 9.36. The number of nitrogens with one attached hydrogen (secondary N) is 1. The summed E-state index contributed by atoms with van der Waals surface area (Å²) in [5.74, 6) is 1.46. The van der Waals surface area contributed by atoms with Crippen LogP contribution in [0.3, 0.4) is 0 Å². The summed E-state index contributed by atoms with van der Waals surface area (Å²) in [6.07, 6.45) is 6.94. The lowest BCUT2D eigenvalue weighted by atomic mass is 9.96. The van der Waals surface area contributed by atoms with Crippen LogP contribution in [-0.2, 0) is 4.79 Å². The maximum atomic E-state index is 11.4. The molecule has 0 fully saturated rings. The molecule has 0 aliphatic heterocycles. The van der Waals surface area contributed by atoms with Crippen molar-refractivity contribution in [2.24, 2.45) is 11.8 Å². The quantitative estimate of drug-likeness (QED) is 0.638. The van der Waals surface area contributed by atoms with E-state index in [2.05, 4.69) is 33.0 Å².